The van der Waals surface area contributed by atoms with E-state index in [0.717, 1.165) is 17.5 Å². The monoisotopic (exact) mass is 204 g/mol. The third kappa shape index (κ3) is 2.04. The molecule has 0 amide bonds. The van der Waals surface area contributed by atoms with Gasteiger partial charge in [-0.2, -0.15) is 0 Å². The van der Waals surface area contributed by atoms with Crippen molar-refractivity contribution < 1.29 is 9.53 Å². The van der Waals surface area contributed by atoms with Gasteiger partial charge in [-0.05, 0) is 24.5 Å². The van der Waals surface area contributed by atoms with Crippen LogP contribution in [0.1, 0.15) is 47.7 Å². The van der Waals surface area contributed by atoms with E-state index < -0.39 is 0 Å². The van der Waals surface area contributed by atoms with Crippen molar-refractivity contribution >= 4 is 5.97 Å². The molecule has 1 aliphatic rings. The number of fused-ring (bicyclic) bond motifs is 1. The highest BCUT2D eigenvalue weighted by atomic mass is 16.5. The molecular formula is C13H16O2. The molecule has 0 radical (unpaired) electrons. The van der Waals surface area contributed by atoms with Crippen LogP contribution in [0.15, 0.2) is 18.2 Å². The summed E-state index contributed by atoms with van der Waals surface area (Å²) in [7, 11) is 0. The third-order valence-corrected chi connectivity index (χ3v) is 2.89. The SMILES string of the molecule is CCCCCc1cccc2c1COC2=O. The first kappa shape index (κ1) is 10.2. The van der Waals surface area contributed by atoms with Gasteiger partial charge in [-0.1, -0.05) is 31.9 Å². The molecule has 0 aromatic heterocycles. The molecule has 1 aromatic rings. The van der Waals surface area contributed by atoms with Crippen LogP contribution in [0, 0.1) is 0 Å². The van der Waals surface area contributed by atoms with Gasteiger partial charge in [0.25, 0.3) is 0 Å². The normalized spacial score (nSPS) is 13.8. The van der Waals surface area contributed by atoms with Crippen LogP contribution >= 0.6 is 0 Å². The smallest absolute Gasteiger partial charge is 0.338 e. The molecule has 0 bridgehead atoms. The van der Waals surface area contributed by atoms with E-state index in [2.05, 4.69) is 13.0 Å². The molecule has 2 rings (SSSR count). The molecule has 0 fully saturated rings. The molecule has 15 heavy (non-hydrogen) atoms. The predicted molar refractivity (Wildman–Crippen MR) is 58.8 cm³/mol. The van der Waals surface area contributed by atoms with Gasteiger partial charge >= 0.3 is 5.97 Å². The average molecular weight is 204 g/mol. The van der Waals surface area contributed by atoms with Gasteiger partial charge in [0.1, 0.15) is 6.61 Å². The molecular weight excluding hydrogens is 188 g/mol. The average Bonchev–Trinajstić information content (AvgIpc) is 2.62. The van der Waals surface area contributed by atoms with E-state index in [4.69, 9.17) is 4.74 Å². The summed E-state index contributed by atoms with van der Waals surface area (Å²) >= 11 is 0. The van der Waals surface area contributed by atoms with Gasteiger partial charge in [-0.25, -0.2) is 4.79 Å². The van der Waals surface area contributed by atoms with E-state index in [-0.39, 0.29) is 5.97 Å². The molecule has 2 heteroatoms. The summed E-state index contributed by atoms with van der Waals surface area (Å²) in [4.78, 5) is 11.3. The standard InChI is InChI=1S/C13H16O2/c1-2-3-4-6-10-7-5-8-11-12(10)9-15-13(11)14/h5,7-8H,2-4,6,9H2,1H3. The molecule has 0 spiro atoms. The maximum atomic E-state index is 11.3. The molecule has 1 heterocycles. The van der Waals surface area contributed by atoms with Gasteiger partial charge < -0.3 is 4.74 Å². The molecule has 1 aromatic carbocycles. The van der Waals surface area contributed by atoms with Crippen LogP contribution in [0.25, 0.3) is 0 Å². The molecule has 1 aliphatic heterocycles. The van der Waals surface area contributed by atoms with E-state index in [1.54, 1.807) is 0 Å². The number of esters is 1. The number of benzene rings is 1. The fraction of sp³-hybridized carbons (Fsp3) is 0.462. The van der Waals surface area contributed by atoms with Crippen molar-refractivity contribution in [2.24, 2.45) is 0 Å². The number of aryl methyl sites for hydroxylation is 1. The predicted octanol–water partition coefficient (Wildman–Crippen LogP) is 3.09. The number of ether oxygens (including phenoxy) is 1. The second kappa shape index (κ2) is 4.47. The Hall–Kier alpha value is -1.31. The zero-order chi connectivity index (χ0) is 10.7. The summed E-state index contributed by atoms with van der Waals surface area (Å²) in [5.41, 5.74) is 3.16. The Morgan fingerprint density at radius 2 is 2.20 bits per heavy atom. The fourth-order valence-electron chi connectivity index (χ4n) is 2.01. The lowest BCUT2D eigenvalue weighted by Gasteiger charge is -2.04. The lowest BCUT2D eigenvalue weighted by atomic mass is 9.98. The van der Waals surface area contributed by atoms with Gasteiger partial charge in [0.2, 0.25) is 0 Å². The zero-order valence-electron chi connectivity index (χ0n) is 9.08. The first-order valence-corrected chi connectivity index (χ1v) is 5.61. The Balaban J connectivity index is 2.15. The Labute approximate surface area is 90.3 Å². The van der Waals surface area contributed by atoms with Crippen molar-refractivity contribution in [3.8, 4) is 0 Å². The maximum absolute atomic E-state index is 11.3. The second-order valence-corrected chi connectivity index (χ2v) is 3.98. The number of cyclic esters (lactones) is 1. The molecule has 0 unspecified atom stereocenters. The molecule has 2 nitrogen and oxygen atoms in total. The Bertz CT molecular complexity index is 369. The first-order valence-electron chi connectivity index (χ1n) is 5.61. The highest BCUT2D eigenvalue weighted by molar-refractivity contribution is 5.93. The minimum atomic E-state index is -0.164. The Kier molecular flexibility index (Phi) is 3.05. The zero-order valence-corrected chi connectivity index (χ0v) is 9.08. The third-order valence-electron chi connectivity index (χ3n) is 2.89. The maximum Gasteiger partial charge on any atom is 0.338 e. The number of unbranched alkanes of at least 4 members (excludes halogenated alkanes) is 2. The Morgan fingerprint density at radius 3 is 3.00 bits per heavy atom. The van der Waals surface area contributed by atoms with Crippen molar-refractivity contribution in [3.63, 3.8) is 0 Å². The summed E-state index contributed by atoms with van der Waals surface area (Å²) < 4.78 is 5.03. The van der Waals surface area contributed by atoms with Crippen LogP contribution in [0.4, 0.5) is 0 Å². The summed E-state index contributed by atoms with van der Waals surface area (Å²) in [6.45, 7) is 2.67. The summed E-state index contributed by atoms with van der Waals surface area (Å²) in [6.07, 6.45) is 4.73. The van der Waals surface area contributed by atoms with Crippen molar-refractivity contribution in [2.45, 2.75) is 39.2 Å². The Morgan fingerprint density at radius 1 is 1.33 bits per heavy atom. The van der Waals surface area contributed by atoms with Gasteiger partial charge in [0.15, 0.2) is 0 Å². The lowest BCUT2D eigenvalue weighted by molar-refractivity contribution is 0.0535. The molecule has 0 aliphatic carbocycles. The number of carbonyl (C=O) groups is 1. The number of hydrogen-bond donors (Lipinski definition) is 0. The van der Waals surface area contributed by atoms with Crippen LogP contribution in [-0.2, 0) is 17.8 Å². The van der Waals surface area contributed by atoms with E-state index >= 15 is 0 Å². The fourth-order valence-corrected chi connectivity index (χ4v) is 2.01. The highest BCUT2D eigenvalue weighted by Crippen LogP contribution is 2.24. The summed E-state index contributed by atoms with van der Waals surface area (Å²) in [5.74, 6) is -0.164. The topological polar surface area (TPSA) is 26.3 Å². The lowest BCUT2D eigenvalue weighted by Crippen LogP contribution is -1.95. The van der Waals surface area contributed by atoms with Crippen molar-refractivity contribution in [2.75, 3.05) is 0 Å². The molecule has 0 saturated carbocycles. The van der Waals surface area contributed by atoms with Crippen molar-refractivity contribution in [1.29, 1.82) is 0 Å². The van der Waals surface area contributed by atoms with Gasteiger partial charge in [0, 0.05) is 5.56 Å². The van der Waals surface area contributed by atoms with Gasteiger partial charge in [0.05, 0.1) is 5.56 Å². The van der Waals surface area contributed by atoms with E-state index in [9.17, 15) is 4.79 Å². The minimum Gasteiger partial charge on any atom is -0.457 e. The summed E-state index contributed by atoms with van der Waals surface area (Å²) in [5, 5.41) is 0. The van der Waals surface area contributed by atoms with Crippen molar-refractivity contribution in [3.05, 3.63) is 34.9 Å². The molecule has 0 N–H and O–H groups in total. The molecule has 80 valence electrons. The molecule has 0 saturated heterocycles. The number of rotatable bonds is 4. The van der Waals surface area contributed by atoms with Crippen LogP contribution in [0.3, 0.4) is 0 Å². The largest absolute Gasteiger partial charge is 0.457 e. The molecule has 0 atom stereocenters. The first-order chi connectivity index (χ1) is 7.33. The van der Waals surface area contributed by atoms with Gasteiger partial charge in [-0.15, -0.1) is 0 Å². The minimum absolute atomic E-state index is 0.164. The van der Waals surface area contributed by atoms with Crippen LogP contribution in [0.5, 0.6) is 0 Å². The van der Waals surface area contributed by atoms with E-state index in [0.29, 0.717) is 6.61 Å². The van der Waals surface area contributed by atoms with Crippen LogP contribution in [0.2, 0.25) is 0 Å². The van der Waals surface area contributed by atoms with Gasteiger partial charge in [-0.3, -0.25) is 0 Å². The summed E-state index contributed by atoms with van der Waals surface area (Å²) in [6, 6.07) is 5.91. The number of hydrogen-bond acceptors (Lipinski definition) is 2. The number of carbonyl (C=O) groups excluding carboxylic acids is 1. The van der Waals surface area contributed by atoms with Crippen LogP contribution in [-0.4, -0.2) is 5.97 Å². The van der Waals surface area contributed by atoms with Crippen molar-refractivity contribution in [1.82, 2.24) is 0 Å². The van der Waals surface area contributed by atoms with E-state index in [1.165, 1.54) is 24.8 Å². The second-order valence-electron chi connectivity index (χ2n) is 3.98. The van der Waals surface area contributed by atoms with E-state index in [1.807, 2.05) is 12.1 Å². The highest BCUT2D eigenvalue weighted by Gasteiger charge is 2.22. The van der Waals surface area contributed by atoms with Crippen LogP contribution < -0.4 is 0 Å². The quantitative estimate of drug-likeness (QED) is 0.556.